The van der Waals surface area contributed by atoms with Crippen molar-refractivity contribution >= 4 is 0 Å². The lowest BCUT2D eigenvalue weighted by atomic mass is 9.53. The number of hydrogen-bond donors (Lipinski definition) is 2. The van der Waals surface area contributed by atoms with Gasteiger partial charge in [-0.1, -0.05) is 13.8 Å². The van der Waals surface area contributed by atoms with E-state index in [1.54, 1.807) is 6.26 Å². The molecule has 3 rings (SSSR count). The van der Waals surface area contributed by atoms with E-state index in [4.69, 9.17) is 4.42 Å². The maximum absolute atomic E-state index is 10.8. The summed E-state index contributed by atoms with van der Waals surface area (Å²) in [7, 11) is 0. The van der Waals surface area contributed by atoms with E-state index in [0.29, 0.717) is 5.92 Å². The maximum atomic E-state index is 10.8. The minimum atomic E-state index is -0.519. The van der Waals surface area contributed by atoms with Gasteiger partial charge in [0.25, 0.3) is 0 Å². The van der Waals surface area contributed by atoms with Crippen molar-refractivity contribution in [3.63, 3.8) is 0 Å². The Kier molecular flexibility index (Phi) is 2.62. The maximum Gasteiger partial charge on any atom is 0.110 e. The Balaban J connectivity index is 2.09. The molecule has 0 aliphatic heterocycles. The summed E-state index contributed by atoms with van der Waals surface area (Å²) >= 11 is 0. The number of rotatable bonds is 0. The lowest BCUT2D eigenvalue weighted by molar-refractivity contribution is -0.128. The first-order valence-electron chi connectivity index (χ1n) is 6.89. The van der Waals surface area contributed by atoms with Crippen LogP contribution in [0.15, 0.2) is 10.7 Å². The molecule has 0 aromatic carbocycles. The van der Waals surface area contributed by atoms with Gasteiger partial charge in [-0.3, -0.25) is 0 Å². The van der Waals surface area contributed by atoms with Crippen LogP contribution in [0.2, 0.25) is 0 Å². The standard InChI is InChI=1S/C15H22O3/c1-8-7-18-12-6-10-4-5-11(16)9(2)15(10,3)14(17)13(8)12/h7,9-11,14,16-17H,4-6H2,1-3H3/t9-,10+,11-,14+,15+/m0/s1. The summed E-state index contributed by atoms with van der Waals surface area (Å²) in [5.41, 5.74) is 1.76. The van der Waals surface area contributed by atoms with Crippen molar-refractivity contribution in [2.75, 3.05) is 0 Å². The summed E-state index contributed by atoms with van der Waals surface area (Å²) in [5.74, 6) is 1.48. The summed E-state index contributed by atoms with van der Waals surface area (Å²) in [6, 6.07) is 0. The molecule has 3 nitrogen and oxygen atoms in total. The van der Waals surface area contributed by atoms with E-state index in [0.717, 1.165) is 36.1 Å². The van der Waals surface area contributed by atoms with Gasteiger partial charge in [0.05, 0.1) is 18.5 Å². The second-order valence-corrected chi connectivity index (χ2v) is 6.36. The molecule has 0 radical (unpaired) electrons. The van der Waals surface area contributed by atoms with Crippen LogP contribution in [0.1, 0.15) is 49.7 Å². The molecule has 0 unspecified atom stereocenters. The average Bonchev–Trinajstić information content (AvgIpc) is 2.70. The zero-order chi connectivity index (χ0) is 13.1. The monoisotopic (exact) mass is 250 g/mol. The number of fused-ring (bicyclic) bond motifs is 2. The lowest BCUT2D eigenvalue weighted by Gasteiger charge is -2.53. The van der Waals surface area contributed by atoms with Gasteiger partial charge in [0.1, 0.15) is 5.76 Å². The predicted octanol–water partition coefficient (Wildman–Crippen LogP) is 2.59. The Morgan fingerprint density at radius 1 is 1.33 bits per heavy atom. The quantitative estimate of drug-likeness (QED) is 0.744. The number of aryl methyl sites for hydroxylation is 1. The van der Waals surface area contributed by atoms with Crippen molar-refractivity contribution in [3.8, 4) is 0 Å². The predicted molar refractivity (Wildman–Crippen MR) is 68.1 cm³/mol. The van der Waals surface area contributed by atoms with Crippen molar-refractivity contribution in [3.05, 3.63) is 23.2 Å². The van der Waals surface area contributed by atoms with Crippen molar-refractivity contribution in [2.45, 2.75) is 52.2 Å². The van der Waals surface area contributed by atoms with Gasteiger partial charge in [-0.15, -0.1) is 0 Å². The SMILES string of the molecule is Cc1coc2c1[C@@H](O)[C@@]1(C)[C@H](CC[C@H](O)[C@@H]1C)C2. The van der Waals surface area contributed by atoms with E-state index in [1.165, 1.54) is 0 Å². The molecule has 1 fully saturated rings. The molecule has 100 valence electrons. The molecule has 2 N–H and O–H groups in total. The van der Waals surface area contributed by atoms with Crippen LogP contribution in [0.25, 0.3) is 0 Å². The van der Waals surface area contributed by atoms with Gasteiger partial charge in [0.15, 0.2) is 0 Å². The van der Waals surface area contributed by atoms with Crippen LogP contribution in [0.3, 0.4) is 0 Å². The van der Waals surface area contributed by atoms with Crippen LogP contribution in [0, 0.1) is 24.2 Å². The zero-order valence-corrected chi connectivity index (χ0v) is 11.3. The van der Waals surface area contributed by atoms with Crippen LogP contribution in [-0.2, 0) is 6.42 Å². The fourth-order valence-corrected chi connectivity index (χ4v) is 4.08. The normalized spacial score (nSPS) is 43.4. The number of hydrogen-bond acceptors (Lipinski definition) is 3. The summed E-state index contributed by atoms with van der Waals surface area (Å²) < 4.78 is 5.59. The highest BCUT2D eigenvalue weighted by molar-refractivity contribution is 5.34. The average molecular weight is 250 g/mol. The van der Waals surface area contributed by atoms with Crippen molar-refractivity contribution in [1.82, 2.24) is 0 Å². The molecule has 0 saturated heterocycles. The van der Waals surface area contributed by atoms with Crippen LogP contribution in [0.4, 0.5) is 0 Å². The molecule has 3 heteroatoms. The topological polar surface area (TPSA) is 53.6 Å². The molecule has 0 amide bonds. The highest BCUT2D eigenvalue weighted by atomic mass is 16.3. The van der Waals surface area contributed by atoms with E-state index >= 15 is 0 Å². The molecule has 2 aliphatic carbocycles. The summed E-state index contributed by atoms with van der Waals surface area (Å²) in [6.07, 6.45) is 3.63. The van der Waals surface area contributed by atoms with Crippen molar-refractivity contribution in [2.24, 2.45) is 17.3 Å². The highest BCUT2D eigenvalue weighted by Crippen LogP contribution is 2.57. The van der Waals surface area contributed by atoms with Gasteiger partial charge >= 0.3 is 0 Å². The number of aliphatic hydroxyl groups excluding tert-OH is 2. The number of furan rings is 1. The summed E-state index contributed by atoms with van der Waals surface area (Å²) in [5, 5.41) is 20.9. The van der Waals surface area contributed by atoms with E-state index in [1.807, 2.05) is 6.92 Å². The van der Waals surface area contributed by atoms with E-state index < -0.39 is 6.10 Å². The van der Waals surface area contributed by atoms with E-state index in [2.05, 4.69) is 13.8 Å². The van der Waals surface area contributed by atoms with Crippen LogP contribution < -0.4 is 0 Å². The molecule has 1 heterocycles. The van der Waals surface area contributed by atoms with Gasteiger partial charge in [-0.2, -0.15) is 0 Å². The second-order valence-electron chi connectivity index (χ2n) is 6.36. The first-order chi connectivity index (χ1) is 8.46. The lowest BCUT2D eigenvalue weighted by Crippen LogP contribution is -2.51. The van der Waals surface area contributed by atoms with Crippen molar-refractivity contribution < 1.29 is 14.6 Å². The van der Waals surface area contributed by atoms with Crippen LogP contribution in [-0.4, -0.2) is 16.3 Å². The first kappa shape index (κ1) is 12.2. The number of aliphatic hydroxyl groups is 2. The van der Waals surface area contributed by atoms with Crippen molar-refractivity contribution in [1.29, 1.82) is 0 Å². The minimum Gasteiger partial charge on any atom is -0.469 e. The molecular formula is C15H22O3. The molecule has 1 saturated carbocycles. The van der Waals surface area contributed by atoms with Gasteiger partial charge in [0.2, 0.25) is 0 Å². The Morgan fingerprint density at radius 3 is 2.78 bits per heavy atom. The Morgan fingerprint density at radius 2 is 2.06 bits per heavy atom. The molecule has 0 bridgehead atoms. The second kappa shape index (κ2) is 3.84. The third-order valence-corrected chi connectivity index (χ3v) is 5.65. The minimum absolute atomic E-state index is 0.119. The van der Waals surface area contributed by atoms with Gasteiger partial charge < -0.3 is 14.6 Å². The summed E-state index contributed by atoms with van der Waals surface area (Å²) in [6.45, 7) is 6.18. The Hall–Kier alpha value is -0.800. The fourth-order valence-electron chi connectivity index (χ4n) is 4.08. The van der Waals surface area contributed by atoms with Gasteiger partial charge in [-0.05, 0) is 37.2 Å². The van der Waals surface area contributed by atoms with Gasteiger partial charge in [-0.25, -0.2) is 0 Å². The Labute approximate surface area is 108 Å². The van der Waals surface area contributed by atoms with E-state index in [9.17, 15) is 10.2 Å². The Bertz CT molecular complexity index is 464. The van der Waals surface area contributed by atoms with Crippen LogP contribution >= 0.6 is 0 Å². The van der Waals surface area contributed by atoms with Crippen LogP contribution in [0.5, 0.6) is 0 Å². The third-order valence-electron chi connectivity index (χ3n) is 5.65. The molecule has 2 aliphatic rings. The third kappa shape index (κ3) is 1.38. The fraction of sp³-hybridized carbons (Fsp3) is 0.733. The zero-order valence-electron chi connectivity index (χ0n) is 11.3. The molecular weight excluding hydrogens is 228 g/mol. The summed E-state index contributed by atoms with van der Waals surface area (Å²) in [4.78, 5) is 0. The van der Waals surface area contributed by atoms with E-state index in [-0.39, 0.29) is 17.4 Å². The van der Waals surface area contributed by atoms with Gasteiger partial charge in [0, 0.05) is 17.4 Å². The molecule has 0 spiro atoms. The highest BCUT2D eigenvalue weighted by Gasteiger charge is 2.54. The first-order valence-corrected chi connectivity index (χ1v) is 6.89. The largest absolute Gasteiger partial charge is 0.469 e. The smallest absolute Gasteiger partial charge is 0.110 e. The molecule has 18 heavy (non-hydrogen) atoms. The molecule has 1 aromatic heterocycles. The molecule has 5 atom stereocenters. The molecule has 1 aromatic rings.